The predicted molar refractivity (Wildman–Crippen MR) is 71.6 cm³/mol. The molecule has 1 aromatic carbocycles. The maximum atomic E-state index is 11.6. The van der Waals surface area contributed by atoms with Gasteiger partial charge in [-0.05, 0) is 18.6 Å². The van der Waals surface area contributed by atoms with E-state index in [4.69, 9.17) is 0 Å². The number of nitrogens with zero attached hydrogens (tertiary/aromatic N) is 1. The van der Waals surface area contributed by atoms with E-state index in [9.17, 15) is 9.59 Å². The van der Waals surface area contributed by atoms with Gasteiger partial charge in [0.05, 0.1) is 15.5 Å². The Morgan fingerprint density at radius 3 is 2.94 bits per heavy atom. The molecule has 18 heavy (non-hydrogen) atoms. The molecule has 0 spiro atoms. The summed E-state index contributed by atoms with van der Waals surface area (Å²) in [7, 11) is 0. The molecule has 1 unspecified atom stereocenters. The number of hydrogen-bond donors (Lipinski definition) is 1. The first-order chi connectivity index (χ1) is 8.72. The van der Waals surface area contributed by atoms with Crippen LogP contribution in [0, 0.1) is 0 Å². The van der Waals surface area contributed by atoms with E-state index in [1.54, 1.807) is 11.3 Å². The molecular weight excluding hydrogens is 268 g/mol. The molecule has 1 aliphatic rings. The van der Waals surface area contributed by atoms with Crippen LogP contribution in [-0.2, 0) is 9.59 Å². The van der Waals surface area contributed by atoms with Crippen molar-refractivity contribution >= 4 is 45.1 Å². The molecule has 0 aliphatic carbocycles. The molecule has 1 aromatic heterocycles. The zero-order valence-corrected chi connectivity index (χ0v) is 11.0. The number of hydrogen-bond acceptors (Lipinski definition) is 5. The van der Waals surface area contributed by atoms with Crippen LogP contribution in [0.25, 0.3) is 10.2 Å². The molecule has 0 radical (unpaired) electrons. The number of thioether (sulfide) groups is 1. The number of amides is 2. The number of nitrogens with one attached hydrogen (secondary N) is 1. The Bertz CT molecular complexity index is 590. The minimum absolute atomic E-state index is 0.179. The van der Waals surface area contributed by atoms with Gasteiger partial charge in [-0.25, -0.2) is 4.98 Å². The molecule has 92 valence electrons. The monoisotopic (exact) mass is 278 g/mol. The summed E-state index contributed by atoms with van der Waals surface area (Å²) >= 11 is 3.02. The third kappa shape index (κ3) is 2.26. The van der Waals surface area contributed by atoms with E-state index < -0.39 is 0 Å². The summed E-state index contributed by atoms with van der Waals surface area (Å²) in [6.07, 6.45) is 1.000. The second kappa shape index (κ2) is 4.70. The average molecular weight is 278 g/mol. The number of carbonyl (C=O) groups is 2. The number of imide groups is 1. The highest BCUT2D eigenvalue weighted by atomic mass is 32.2. The minimum atomic E-state index is -0.205. The highest BCUT2D eigenvalue weighted by Gasteiger charge is 2.28. The third-order valence-corrected chi connectivity index (χ3v) is 5.10. The van der Waals surface area contributed by atoms with E-state index in [0.29, 0.717) is 12.8 Å². The number of thiazole rings is 1. The normalized spacial score (nSPS) is 20.1. The Morgan fingerprint density at radius 1 is 1.33 bits per heavy atom. The van der Waals surface area contributed by atoms with Crippen molar-refractivity contribution in [3.05, 3.63) is 24.3 Å². The van der Waals surface area contributed by atoms with E-state index in [0.717, 1.165) is 14.6 Å². The SMILES string of the molecule is O=C1CCC(Sc2nc3ccccc3s2)C(=O)N1. The van der Waals surface area contributed by atoms with Crippen LogP contribution in [0.1, 0.15) is 12.8 Å². The van der Waals surface area contributed by atoms with Gasteiger partial charge in [0, 0.05) is 6.42 Å². The van der Waals surface area contributed by atoms with Crippen molar-refractivity contribution in [2.24, 2.45) is 0 Å². The van der Waals surface area contributed by atoms with Crippen LogP contribution in [0.15, 0.2) is 28.6 Å². The maximum absolute atomic E-state index is 11.6. The topological polar surface area (TPSA) is 59.1 Å². The Hall–Kier alpha value is -1.40. The molecule has 1 atom stereocenters. The number of benzene rings is 1. The van der Waals surface area contributed by atoms with E-state index in [2.05, 4.69) is 10.3 Å². The summed E-state index contributed by atoms with van der Waals surface area (Å²) in [5.41, 5.74) is 0.956. The van der Waals surface area contributed by atoms with E-state index in [-0.39, 0.29) is 17.1 Å². The van der Waals surface area contributed by atoms with Gasteiger partial charge in [0.25, 0.3) is 0 Å². The summed E-state index contributed by atoms with van der Waals surface area (Å²) in [4.78, 5) is 27.2. The van der Waals surface area contributed by atoms with Gasteiger partial charge >= 0.3 is 0 Å². The van der Waals surface area contributed by atoms with E-state index in [1.807, 2.05) is 24.3 Å². The second-order valence-electron chi connectivity index (χ2n) is 4.01. The fourth-order valence-electron chi connectivity index (χ4n) is 1.81. The zero-order valence-electron chi connectivity index (χ0n) is 9.38. The summed E-state index contributed by atoms with van der Waals surface area (Å²) in [6, 6.07) is 7.89. The predicted octanol–water partition coefficient (Wildman–Crippen LogP) is 2.19. The van der Waals surface area contributed by atoms with Crippen molar-refractivity contribution < 1.29 is 9.59 Å². The molecule has 2 amide bonds. The summed E-state index contributed by atoms with van der Waals surface area (Å²) < 4.78 is 2.00. The van der Waals surface area contributed by atoms with Gasteiger partial charge in [0.15, 0.2) is 4.34 Å². The number of piperidine rings is 1. The van der Waals surface area contributed by atoms with Crippen LogP contribution in [0.3, 0.4) is 0 Å². The van der Waals surface area contributed by atoms with Gasteiger partial charge in [-0.1, -0.05) is 23.9 Å². The van der Waals surface area contributed by atoms with Crippen molar-refractivity contribution in [3.63, 3.8) is 0 Å². The van der Waals surface area contributed by atoms with Crippen molar-refractivity contribution in [2.75, 3.05) is 0 Å². The molecule has 1 aliphatic heterocycles. The van der Waals surface area contributed by atoms with Gasteiger partial charge in [-0.3, -0.25) is 14.9 Å². The molecule has 2 aromatic rings. The summed E-state index contributed by atoms with van der Waals surface area (Å²) in [5.74, 6) is -0.378. The zero-order chi connectivity index (χ0) is 12.5. The lowest BCUT2D eigenvalue weighted by Gasteiger charge is -2.18. The molecular formula is C12H10N2O2S2. The first kappa shape index (κ1) is 11.7. The average Bonchev–Trinajstić information content (AvgIpc) is 2.75. The van der Waals surface area contributed by atoms with Crippen LogP contribution in [0.5, 0.6) is 0 Å². The van der Waals surface area contributed by atoms with Gasteiger partial charge in [0.1, 0.15) is 0 Å². The van der Waals surface area contributed by atoms with Gasteiger partial charge < -0.3 is 0 Å². The van der Waals surface area contributed by atoms with E-state index >= 15 is 0 Å². The van der Waals surface area contributed by atoms with Gasteiger partial charge in [0.2, 0.25) is 11.8 Å². The lowest BCUT2D eigenvalue weighted by Crippen LogP contribution is -2.42. The third-order valence-electron chi connectivity index (χ3n) is 2.71. The molecule has 3 rings (SSSR count). The Balaban J connectivity index is 1.79. The molecule has 2 heterocycles. The lowest BCUT2D eigenvalue weighted by molar-refractivity contribution is -0.132. The Labute approximate surface area is 112 Å². The highest BCUT2D eigenvalue weighted by Crippen LogP contribution is 2.34. The fraction of sp³-hybridized carbons (Fsp3) is 0.250. The molecule has 0 bridgehead atoms. The van der Waals surface area contributed by atoms with Crippen LogP contribution in [0.4, 0.5) is 0 Å². The smallest absolute Gasteiger partial charge is 0.240 e. The Morgan fingerprint density at radius 2 is 2.17 bits per heavy atom. The van der Waals surface area contributed by atoms with Crippen LogP contribution in [-0.4, -0.2) is 22.0 Å². The molecule has 4 nitrogen and oxygen atoms in total. The second-order valence-corrected chi connectivity index (χ2v) is 6.49. The summed E-state index contributed by atoms with van der Waals surface area (Å²) in [6.45, 7) is 0. The number of para-hydroxylation sites is 1. The minimum Gasteiger partial charge on any atom is -0.295 e. The highest BCUT2D eigenvalue weighted by molar-refractivity contribution is 8.02. The standard InChI is InChI=1S/C12H10N2O2S2/c15-10-6-5-9(11(16)14-10)18-12-13-7-3-1-2-4-8(7)17-12/h1-4,9H,5-6H2,(H,14,15,16). The number of aromatic nitrogens is 1. The van der Waals surface area contributed by atoms with Crippen LogP contribution >= 0.6 is 23.1 Å². The van der Waals surface area contributed by atoms with Crippen molar-refractivity contribution in [2.45, 2.75) is 22.4 Å². The fourth-order valence-corrected chi connectivity index (χ4v) is 4.11. The first-order valence-corrected chi connectivity index (χ1v) is 7.28. The van der Waals surface area contributed by atoms with Crippen molar-refractivity contribution in [1.82, 2.24) is 10.3 Å². The number of rotatable bonds is 2. The first-order valence-electron chi connectivity index (χ1n) is 5.58. The molecule has 1 saturated heterocycles. The Kier molecular flexibility index (Phi) is 3.05. The lowest BCUT2D eigenvalue weighted by atomic mass is 10.1. The molecule has 6 heteroatoms. The van der Waals surface area contributed by atoms with Gasteiger partial charge in [-0.2, -0.15) is 0 Å². The molecule has 1 fully saturated rings. The van der Waals surface area contributed by atoms with Crippen LogP contribution < -0.4 is 5.32 Å². The van der Waals surface area contributed by atoms with Crippen molar-refractivity contribution in [3.8, 4) is 0 Å². The molecule has 1 N–H and O–H groups in total. The number of carbonyl (C=O) groups excluding carboxylic acids is 2. The largest absolute Gasteiger partial charge is 0.295 e. The maximum Gasteiger partial charge on any atom is 0.240 e. The quantitative estimate of drug-likeness (QED) is 0.856. The van der Waals surface area contributed by atoms with Gasteiger partial charge in [-0.15, -0.1) is 11.3 Å². The molecule has 0 saturated carbocycles. The van der Waals surface area contributed by atoms with E-state index in [1.165, 1.54) is 11.8 Å². The van der Waals surface area contributed by atoms with Crippen molar-refractivity contribution in [1.29, 1.82) is 0 Å². The number of fused-ring (bicyclic) bond motifs is 1. The van der Waals surface area contributed by atoms with Crippen LogP contribution in [0.2, 0.25) is 0 Å². The summed E-state index contributed by atoms with van der Waals surface area (Å²) in [5, 5.41) is 2.16.